The quantitative estimate of drug-likeness (QED) is 0.684. The molecule has 156 valence electrons. The van der Waals surface area contributed by atoms with E-state index in [9.17, 15) is 13.2 Å². The first-order valence-electron chi connectivity index (χ1n) is 9.58. The van der Waals surface area contributed by atoms with E-state index in [1.807, 2.05) is 25.1 Å². The van der Waals surface area contributed by atoms with E-state index in [1.165, 1.54) is 6.07 Å². The van der Waals surface area contributed by atoms with Gasteiger partial charge in [0.15, 0.2) is 9.84 Å². The summed E-state index contributed by atoms with van der Waals surface area (Å²) in [4.78, 5) is 12.5. The molecular formula is C21H25ClN2O4S. The first-order valence-corrected chi connectivity index (χ1v) is 11.5. The predicted molar refractivity (Wildman–Crippen MR) is 115 cm³/mol. The van der Waals surface area contributed by atoms with E-state index in [0.717, 1.165) is 11.3 Å². The summed E-state index contributed by atoms with van der Waals surface area (Å²) in [5.74, 6) is -0.198. The summed E-state index contributed by atoms with van der Waals surface area (Å²) in [5, 5.41) is 6.16. The molecule has 1 aliphatic heterocycles. The molecule has 1 fully saturated rings. The number of carbonyl (C=O) groups excluding carboxylic acids is 1. The predicted octanol–water partition coefficient (Wildman–Crippen LogP) is 4.04. The van der Waals surface area contributed by atoms with Crippen molar-refractivity contribution in [1.82, 2.24) is 0 Å². The van der Waals surface area contributed by atoms with Gasteiger partial charge in [-0.05, 0) is 55.7 Å². The number of benzene rings is 2. The maximum absolute atomic E-state index is 12.8. The Morgan fingerprint density at radius 3 is 2.62 bits per heavy atom. The Morgan fingerprint density at radius 2 is 1.90 bits per heavy atom. The third kappa shape index (κ3) is 5.72. The number of rotatable bonds is 7. The number of amides is 1. The minimum Gasteiger partial charge on any atom is -0.384 e. The van der Waals surface area contributed by atoms with Gasteiger partial charge >= 0.3 is 0 Å². The smallest absolute Gasteiger partial charge is 0.226 e. The molecule has 6 nitrogen and oxygen atoms in total. The Bertz CT molecular complexity index is 972. The average Bonchev–Trinajstić information content (AvgIpc) is 2.71. The molecule has 0 spiro atoms. The van der Waals surface area contributed by atoms with Gasteiger partial charge in [0.2, 0.25) is 5.91 Å². The lowest BCUT2D eigenvalue weighted by Gasteiger charge is -2.22. The monoisotopic (exact) mass is 436 g/mol. The summed E-state index contributed by atoms with van der Waals surface area (Å²) in [6.07, 6.45) is 1.23. The number of aryl methyl sites for hydroxylation is 1. The Balaban J connectivity index is 1.56. The van der Waals surface area contributed by atoms with Crippen molar-refractivity contribution < 1.29 is 17.9 Å². The van der Waals surface area contributed by atoms with Gasteiger partial charge in [0.1, 0.15) is 0 Å². The summed E-state index contributed by atoms with van der Waals surface area (Å²) < 4.78 is 30.9. The van der Waals surface area contributed by atoms with Crippen LogP contribution in [-0.2, 0) is 19.4 Å². The Labute approximate surface area is 176 Å². The third-order valence-corrected chi connectivity index (χ3v) is 7.57. The topological polar surface area (TPSA) is 84.5 Å². The molecule has 1 aliphatic rings. The first-order chi connectivity index (χ1) is 13.9. The molecule has 2 aromatic rings. The molecule has 1 saturated heterocycles. The molecule has 0 aliphatic carbocycles. The van der Waals surface area contributed by atoms with Crippen molar-refractivity contribution in [3.05, 3.63) is 53.1 Å². The third-order valence-electron chi connectivity index (χ3n) is 4.91. The van der Waals surface area contributed by atoms with Crippen molar-refractivity contribution in [2.75, 3.05) is 30.4 Å². The van der Waals surface area contributed by atoms with Crippen molar-refractivity contribution in [1.29, 1.82) is 0 Å². The van der Waals surface area contributed by atoms with Crippen molar-refractivity contribution in [2.24, 2.45) is 0 Å². The van der Waals surface area contributed by atoms with Crippen molar-refractivity contribution in [3.63, 3.8) is 0 Å². The maximum atomic E-state index is 12.8. The van der Waals surface area contributed by atoms with E-state index >= 15 is 0 Å². The molecule has 1 amide bonds. The highest BCUT2D eigenvalue weighted by atomic mass is 35.5. The fourth-order valence-electron chi connectivity index (χ4n) is 3.18. The zero-order valence-corrected chi connectivity index (χ0v) is 17.9. The van der Waals surface area contributed by atoms with Gasteiger partial charge in [-0.25, -0.2) is 8.42 Å². The van der Waals surface area contributed by atoms with Crippen LogP contribution < -0.4 is 10.6 Å². The van der Waals surface area contributed by atoms with E-state index in [2.05, 4.69) is 10.6 Å². The van der Waals surface area contributed by atoms with Crippen LogP contribution in [0, 0.1) is 6.92 Å². The van der Waals surface area contributed by atoms with Gasteiger partial charge in [0.25, 0.3) is 0 Å². The molecule has 8 heteroatoms. The molecule has 29 heavy (non-hydrogen) atoms. The van der Waals surface area contributed by atoms with Crippen LogP contribution in [0.3, 0.4) is 0 Å². The number of halogens is 1. The van der Waals surface area contributed by atoms with Crippen molar-refractivity contribution in [3.8, 4) is 0 Å². The normalized spacial score (nSPS) is 15.1. The first kappa shape index (κ1) is 21.6. The van der Waals surface area contributed by atoms with Gasteiger partial charge in [0, 0.05) is 42.6 Å². The lowest BCUT2D eigenvalue weighted by molar-refractivity contribution is -0.115. The van der Waals surface area contributed by atoms with Crippen LogP contribution >= 0.6 is 11.6 Å². The van der Waals surface area contributed by atoms with E-state index < -0.39 is 15.1 Å². The molecule has 2 aromatic carbocycles. The average molecular weight is 437 g/mol. The molecule has 0 unspecified atom stereocenters. The molecule has 0 bridgehead atoms. The molecule has 0 aromatic heterocycles. The van der Waals surface area contributed by atoms with E-state index in [1.54, 1.807) is 18.2 Å². The summed E-state index contributed by atoms with van der Waals surface area (Å²) in [6, 6.07) is 12.1. The van der Waals surface area contributed by atoms with Gasteiger partial charge in [-0.15, -0.1) is 0 Å². The number of carbonyl (C=O) groups is 1. The molecule has 0 saturated carbocycles. The Hall–Kier alpha value is -2.09. The van der Waals surface area contributed by atoms with Crippen LogP contribution in [0.15, 0.2) is 47.4 Å². The molecular weight excluding hydrogens is 412 g/mol. The van der Waals surface area contributed by atoms with Crippen LogP contribution in [0.25, 0.3) is 0 Å². The summed E-state index contributed by atoms with van der Waals surface area (Å²) in [5.41, 5.74) is 2.31. The summed E-state index contributed by atoms with van der Waals surface area (Å²) >= 11 is 6.09. The molecule has 1 heterocycles. The zero-order chi connectivity index (χ0) is 20.9. The number of nitrogens with one attached hydrogen (secondary N) is 2. The second kappa shape index (κ2) is 9.61. The van der Waals surface area contributed by atoms with E-state index in [-0.39, 0.29) is 17.2 Å². The van der Waals surface area contributed by atoms with Crippen molar-refractivity contribution >= 4 is 38.7 Å². The van der Waals surface area contributed by atoms with Crippen LogP contribution in [0.4, 0.5) is 11.4 Å². The van der Waals surface area contributed by atoms with Gasteiger partial charge < -0.3 is 15.4 Å². The van der Waals surface area contributed by atoms with Crippen LogP contribution in [0.5, 0.6) is 0 Å². The van der Waals surface area contributed by atoms with Gasteiger partial charge in [-0.2, -0.15) is 0 Å². The summed E-state index contributed by atoms with van der Waals surface area (Å²) in [7, 11) is -3.44. The molecule has 0 radical (unpaired) electrons. The molecule has 2 N–H and O–H groups in total. The zero-order valence-electron chi connectivity index (χ0n) is 16.3. The number of sulfone groups is 1. The van der Waals surface area contributed by atoms with Gasteiger partial charge in [-0.1, -0.05) is 23.7 Å². The highest BCUT2D eigenvalue weighted by Gasteiger charge is 2.29. The van der Waals surface area contributed by atoms with Gasteiger partial charge in [-0.3, -0.25) is 4.79 Å². The van der Waals surface area contributed by atoms with E-state index in [4.69, 9.17) is 16.3 Å². The van der Waals surface area contributed by atoms with Crippen LogP contribution in [-0.4, -0.2) is 39.3 Å². The summed E-state index contributed by atoms with van der Waals surface area (Å²) in [6.45, 7) is 3.28. The van der Waals surface area contributed by atoms with E-state index in [0.29, 0.717) is 43.3 Å². The number of hydrogen-bond acceptors (Lipinski definition) is 5. The van der Waals surface area contributed by atoms with Crippen LogP contribution in [0.2, 0.25) is 5.02 Å². The lowest BCUT2D eigenvalue weighted by atomic mass is 10.2. The SMILES string of the molecule is Cc1ccc(NCCC(=O)Nc2cccc(S(=O)(=O)C3CCOCC3)c2)cc1Cl. The van der Waals surface area contributed by atoms with Crippen LogP contribution in [0.1, 0.15) is 24.8 Å². The number of ether oxygens (including phenoxy) is 1. The number of anilines is 2. The fourth-order valence-corrected chi connectivity index (χ4v) is 5.11. The second-order valence-corrected chi connectivity index (χ2v) is 9.71. The highest BCUT2D eigenvalue weighted by molar-refractivity contribution is 7.92. The highest BCUT2D eigenvalue weighted by Crippen LogP contribution is 2.25. The van der Waals surface area contributed by atoms with Gasteiger partial charge in [0.05, 0.1) is 10.1 Å². The Morgan fingerprint density at radius 1 is 1.14 bits per heavy atom. The lowest BCUT2D eigenvalue weighted by Crippen LogP contribution is -2.29. The fraction of sp³-hybridized carbons (Fsp3) is 0.381. The second-order valence-electron chi connectivity index (χ2n) is 7.07. The minimum absolute atomic E-state index is 0.198. The Kier molecular flexibility index (Phi) is 7.16. The number of hydrogen-bond donors (Lipinski definition) is 2. The van der Waals surface area contributed by atoms with Crippen molar-refractivity contribution in [2.45, 2.75) is 36.3 Å². The maximum Gasteiger partial charge on any atom is 0.226 e. The largest absolute Gasteiger partial charge is 0.384 e. The standard InChI is InChI=1S/C21H25ClN2O4S/c1-15-5-6-16(14-20(15)22)23-10-7-21(25)24-17-3-2-4-19(13-17)29(26,27)18-8-11-28-12-9-18/h2-6,13-14,18,23H,7-12H2,1H3,(H,24,25). The minimum atomic E-state index is -3.44. The molecule has 0 atom stereocenters. The molecule has 3 rings (SSSR count).